The van der Waals surface area contributed by atoms with Crippen molar-refractivity contribution < 1.29 is 13.2 Å². The smallest absolute Gasteiger partial charge is 0.270 e. The molecule has 3 N–H and O–H groups in total. The lowest BCUT2D eigenvalue weighted by atomic mass is 10.1. The molecule has 18 heavy (non-hydrogen) atoms. The van der Waals surface area contributed by atoms with E-state index in [1.54, 1.807) is 4.90 Å². The molecule has 1 saturated heterocycles. The van der Waals surface area contributed by atoms with Gasteiger partial charge in [-0.2, -0.15) is 0 Å². The average molecular weight is 271 g/mol. The highest BCUT2D eigenvalue weighted by Crippen LogP contribution is 2.24. The van der Waals surface area contributed by atoms with E-state index >= 15 is 0 Å². The van der Waals surface area contributed by atoms with Crippen molar-refractivity contribution in [1.82, 2.24) is 9.88 Å². The molecule has 1 amide bonds. The first-order valence-electron chi connectivity index (χ1n) is 5.81. The molecule has 0 saturated carbocycles. The fraction of sp³-hybridized carbons (Fsp3) is 0.545. The maximum Gasteiger partial charge on any atom is 0.270 e. The third-order valence-electron chi connectivity index (χ3n) is 3.26. The van der Waals surface area contributed by atoms with E-state index in [2.05, 4.69) is 11.9 Å². The van der Waals surface area contributed by atoms with Crippen LogP contribution in [0.15, 0.2) is 17.2 Å². The predicted molar refractivity (Wildman–Crippen MR) is 66.4 cm³/mol. The molecule has 1 aromatic heterocycles. The highest BCUT2D eigenvalue weighted by Gasteiger charge is 2.31. The van der Waals surface area contributed by atoms with Crippen molar-refractivity contribution in [3.05, 3.63) is 18.0 Å². The number of rotatable bonds is 2. The van der Waals surface area contributed by atoms with E-state index < -0.39 is 10.0 Å². The topological polar surface area (TPSA) is 96.3 Å². The molecule has 0 aromatic carbocycles. The summed E-state index contributed by atoms with van der Waals surface area (Å²) >= 11 is 0. The first-order valence-corrected chi connectivity index (χ1v) is 7.36. The number of amides is 1. The Hall–Kier alpha value is -1.34. The lowest BCUT2D eigenvalue weighted by molar-refractivity contribution is 0.0738. The summed E-state index contributed by atoms with van der Waals surface area (Å²) in [4.78, 5) is 16.6. The molecule has 0 bridgehead atoms. The monoisotopic (exact) mass is 271 g/mol. The van der Waals surface area contributed by atoms with Crippen LogP contribution >= 0.6 is 0 Å². The zero-order valence-corrected chi connectivity index (χ0v) is 11.2. The van der Waals surface area contributed by atoms with Gasteiger partial charge in [0.2, 0.25) is 10.0 Å². The maximum atomic E-state index is 12.2. The number of nitrogens with zero attached hydrogens (tertiary/aromatic N) is 1. The van der Waals surface area contributed by atoms with Crippen LogP contribution in [0.3, 0.4) is 0 Å². The number of likely N-dealkylation sites (tertiary alicyclic amines) is 1. The van der Waals surface area contributed by atoms with Gasteiger partial charge in [-0.15, -0.1) is 0 Å². The van der Waals surface area contributed by atoms with Gasteiger partial charge in [-0.25, -0.2) is 13.6 Å². The van der Waals surface area contributed by atoms with E-state index in [0.717, 1.165) is 6.42 Å². The third kappa shape index (κ3) is 2.41. The Morgan fingerprint density at radius 1 is 1.50 bits per heavy atom. The summed E-state index contributed by atoms with van der Waals surface area (Å²) in [5.74, 6) is 0.290. The average Bonchev–Trinajstić information content (AvgIpc) is 2.83. The van der Waals surface area contributed by atoms with Gasteiger partial charge in [0.25, 0.3) is 5.91 Å². The third-order valence-corrected chi connectivity index (χ3v) is 4.15. The molecular formula is C11H17N3O3S. The Balaban J connectivity index is 2.22. The number of nitrogens with two attached hydrogens (primary N) is 1. The van der Waals surface area contributed by atoms with Gasteiger partial charge in [-0.3, -0.25) is 4.79 Å². The Morgan fingerprint density at radius 3 is 2.61 bits per heavy atom. The zero-order valence-electron chi connectivity index (χ0n) is 10.4. The predicted octanol–water partition coefficient (Wildman–Crippen LogP) is 0.533. The summed E-state index contributed by atoms with van der Waals surface area (Å²) < 4.78 is 22.3. The second kappa shape index (κ2) is 4.40. The summed E-state index contributed by atoms with van der Waals surface area (Å²) in [5.41, 5.74) is 0.264. The van der Waals surface area contributed by atoms with Crippen LogP contribution in [-0.4, -0.2) is 36.8 Å². The number of aromatic amines is 1. The number of hydrogen-bond donors (Lipinski definition) is 2. The molecule has 100 valence electrons. The molecule has 0 aliphatic carbocycles. The first kappa shape index (κ1) is 13.1. The number of H-pyrrole nitrogens is 1. The van der Waals surface area contributed by atoms with Crippen LogP contribution in [0.1, 0.15) is 30.8 Å². The molecule has 0 spiro atoms. The summed E-state index contributed by atoms with van der Waals surface area (Å²) in [5, 5.41) is 5.00. The highest BCUT2D eigenvalue weighted by atomic mass is 32.2. The SMILES string of the molecule is CC1CC(C)N(C(=O)c2cc(S(N)(=O)=O)c[nH]2)C1. The summed E-state index contributed by atoms with van der Waals surface area (Å²) in [6.45, 7) is 4.78. The number of carbonyl (C=O) groups excluding carboxylic acids is 1. The van der Waals surface area contributed by atoms with Gasteiger partial charge >= 0.3 is 0 Å². The molecule has 1 aliphatic heterocycles. The second-order valence-corrected chi connectivity index (χ2v) is 6.50. The van der Waals surface area contributed by atoms with E-state index in [1.807, 2.05) is 6.92 Å². The minimum atomic E-state index is -3.77. The molecule has 1 aromatic rings. The fourth-order valence-electron chi connectivity index (χ4n) is 2.40. The van der Waals surface area contributed by atoms with Crippen molar-refractivity contribution in [2.45, 2.75) is 31.2 Å². The van der Waals surface area contributed by atoms with Gasteiger partial charge < -0.3 is 9.88 Å². The molecule has 2 rings (SSSR count). The first-order chi connectivity index (χ1) is 8.29. The van der Waals surface area contributed by atoms with Crippen LogP contribution < -0.4 is 5.14 Å². The normalized spacial score (nSPS) is 24.5. The maximum absolute atomic E-state index is 12.2. The Morgan fingerprint density at radius 2 is 2.17 bits per heavy atom. The van der Waals surface area contributed by atoms with Gasteiger partial charge in [-0.05, 0) is 25.3 Å². The number of primary sulfonamides is 1. The van der Waals surface area contributed by atoms with Gasteiger partial charge in [0.1, 0.15) is 5.69 Å². The minimum Gasteiger partial charge on any atom is -0.356 e. The highest BCUT2D eigenvalue weighted by molar-refractivity contribution is 7.89. The van der Waals surface area contributed by atoms with Crippen molar-refractivity contribution in [3.63, 3.8) is 0 Å². The zero-order chi connectivity index (χ0) is 13.5. The van der Waals surface area contributed by atoms with Gasteiger partial charge in [0.05, 0.1) is 4.90 Å². The van der Waals surface area contributed by atoms with Crippen LogP contribution in [0, 0.1) is 5.92 Å². The van der Waals surface area contributed by atoms with Crippen molar-refractivity contribution in [3.8, 4) is 0 Å². The Labute approximate surface area is 106 Å². The summed E-state index contributed by atoms with van der Waals surface area (Å²) in [6.07, 6.45) is 2.21. The Kier molecular flexibility index (Phi) is 3.20. The van der Waals surface area contributed by atoms with E-state index in [-0.39, 0.29) is 22.5 Å². The second-order valence-electron chi connectivity index (χ2n) is 4.94. The molecule has 2 heterocycles. The van der Waals surface area contributed by atoms with Crippen LogP contribution in [0.25, 0.3) is 0 Å². The standard InChI is InChI=1S/C11H17N3O3S/c1-7-3-8(2)14(6-7)11(15)10-4-9(5-13-10)18(12,16)17/h4-5,7-8,13H,3,6H2,1-2H3,(H2,12,16,17). The van der Waals surface area contributed by atoms with E-state index in [4.69, 9.17) is 5.14 Å². The molecular weight excluding hydrogens is 254 g/mol. The quantitative estimate of drug-likeness (QED) is 0.821. The van der Waals surface area contributed by atoms with E-state index in [0.29, 0.717) is 12.5 Å². The van der Waals surface area contributed by atoms with Crippen molar-refractivity contribution in [1.29, 1.82) is 0 Å². The molecule has 7 heteroatoms. The van der Waals surface area contributed by atoms with Crippen molar-refractivity contribution >= 4 is 15.9 Å². The van der Waals surface area contributed by atoms with Crippen LogP contribution in [-0.2, 0) is 10.0 Å². The number of nitrogens with one attached hydrogen (secondary N) is 1. The molecule has 2 atom stereocenters. The molecule has 1 fully saturated rings. The number of hydrogen-bond acceptors (Lipinski definition) is 3. The molecule has 2 unspecified atom stereocenters. The number of sulfonamides is 1. The van der Waals surface area contributed by atoms with Crippen molar-refractivity contribution in [2.75, 3.05) is 6.54 Å². The van der Waals surface area contributed by atoms with E-state index in [9.17, 15) is 13.2 Å². The molecule has 1 aliphatic rings. The number of carbonyl (C=O) groups is 1. The van der Waals surface area contributed by atoms with E-state index in [1.165, 1.54) is 12.3 Å². The van der Waals surface area contributed by atoms with Crippen molar-refractivity contribution in [2.24, 2.45) is 11.1 Å². The van der Waals surface area contributed by atoms with Gasteiger partial charge in [0.15, 0.2) is 0 Å². The summed E-state index contributed by atoms with van der Waals surface area (Å²) in [6, 6.07) is 1.46. The van der Waals surface area contributed by atoms with Crippen LogP contribution in [0.5, 0.6) is 0 Å². The largest absolute Gasteiger partial charge is 0.356 e. The lowest BCUT2D eigenvalue weighted by Gasteiger charge is -2.20. The summed E-state index contributed by atoms with van der Waals surface area (Å²) in [7, 11) is -3.77. The van der Waals surface area contributed by atoms with Gasteiger partial charge in [-0.1, -0.05) is 6.92 Å². The minimum absolute atomic E-state index is 0.0641. The Bertz CT molecular complexity index is 564. The molecule has 0 radical (unpaired) electrons. The van der Waals surface area contributed by atoms with Gasteiger partial charge in [0, 0.05) is 18.8 Å². The molecule has 6 nitrogen and oxygen atoms in total. The fourth-order valence-corrected chi connectivity index (χ4v) is 2.91. The van der Waals surface area contributed by atoms with Crippen LogP contribution in [0.4, 0.5) is 0 Å². The van der Waals surface area contributed by atoms with Crippen LogP contribution in [0.2, 0.25) is 0 Å². The lowest BCUT2D eigenvalue weighted by Crippen LogP contribution is -2.34. The number of aromatic nitrogens is 1.